The van der Waals surface area contributed by atoms with Crippen molar-refractivity contribution in [2.75, 3.05) is 0 Å². The highest BCUT2D eigenvalue weighted by Crippen LogP contribution is 2.18. The van der Waals surface area contributed by atoms with Gasteiger partial charge >= 0.3 is 0 Å². The van der Waals surface area contributed by atoms with E-state index >= 15 is 0 Å². The van der Waals surface area contributed by atoms with Crippen LogP contribution in [0.5, 0.6) is 0 Å². The van der Waals surface area contributed by atoms with Crippen molar-refractivity contribution in [3.63, 3.8) is 0 Å². The Labute approximate surface area is 65.8 Å². The number of carbonyl (C=O) groups is 1. The van der Waals surface area contributed by atoms with Crippen LogP contribution in [0.1, 0.15) is 10.4 Å². The van der Waals surface area contributed by atoms with E-state index in [1.54, 1.807) is 0 Å². The number of halogens is 3. The second kappa shape index (κ2) is 2.92. The first-order valence-electron chi connectivity index (χ1n) is 2.61. The lowest BCUT2D eigenvalue weighted by Gasteiger charge is -1.96. The van der Waals surface area contributed by atoms with Gasteiger partial charge in [-0.25, -0.2) is 9.37 Å². The number of aldehydes is 1. The van der Waals surface area contributed by atoms with E-state index in [1.807, 2.05) is 0 Å². The number of carbonyl (C=O) groups excluding carboxylic acids is 1. The Bertz CT molecular complexity index is 303. The predicted octanol–water partition coefficient (Wildman–Crippen LogP) is 1.83. The van der Waals surface area contributed by atoms with Crippen LogP contribution >= 0.6 is 11.6 Å². The lowest BCUT2D eigenvalue weighted by atomic mass is 10.3. The average Bonchev–Trinajstić information content (AvgIpc) is 2.01. The summed E-state index contributed by atoms with van der Waals surface area (Å²) in [6.07, 6.45) is 1.17. The fourth-order valence-corrected chi connectivity index (χ4v) is 0.710. The van der Waals surface area contributed by atoms with E-state index in [1.165, 1.54) is 0 Å². The van der Waals surface area contributed by atoms with Crippen molar-refractivity contribution < 1.29 is 13.6 Å². The zero-order valence-electron chi connectivity index (χ0n) is 5.14. The topological polar surface area (TPSA) is 30.0 Å². The van der Waals surface area contributed by atoms with E-state index in [0.29, 0.717) is 6.29 Å². The molecule has 5 heteroatoms. The molecule has 11 heavy (non-hydrogen) atoms. The molecule has 58 valence electrons. The first-order chi connectivity index (χ1) is 5.16. The second-order valence-electron chi connectivity index (χ2n) is 1.75. The molecule has 0 saturated heterocycles. The summed E-state index contributed by atoms with van der Waals surface area (Å²) >= 11 is 5.21. The van der Waals surface area contributed by atoms with Crippen LogP contribution in [-0.4, -0.2) is 11.3 Å². The molecular formula is C6H2ClF2NO. The normalized spacial score (nSPS) is 9.73. The molecule has 0 aliphatic carbocycles. The Morgan fingerprint density at radius 2 is 2.18 bits per heavy atom. The van der Waals surface area contributed by atoms with Crippen LogP contribution in [0.4, 0.5) is 8.78 Å². The largest absolute Gasteiger partial charge is 0.298 e. The van der Waals surface area contributed by atoms with Crippen LogP contribution < -0.4 is 0 Å². The molecule has 1 heterocycles. The maximum absolute atomic E-state index is 12.4. The molecule has 0 fully saturated rings. The van der Waals surface area contributed by atoms with Crippen LogP contribution in [0.3, 0.4) is 0 Å². The number of rotatable bonds is 1. The smallest absolute Gasteiger partial charge is 0.250 e. The summed E-state index contributed by atoms with van der Waals surface area (Å²) in [6, 6.07) is 0. The quantitative estimate of drug-likeness (QED) is 0.484. The number of hydrogen-bond acceptors (Lipinski definition) is 2. The number of nitrogens with zero attached hydrogens (tertiary/aromatic N) is 1. The summed E-state index contributed by atoms with van der Waals surface area (Å²) in [4.78, 5) is 13.0. The second-order valence-corrected chi connectivity index (χ2v) is 2.13. The molecular weight excluding hydrogens is 176 g/mol. The lowest BCUT2D eigenvalue weighted by Crippen LogP contribution is -1.94. The maximum Gasteiger partial charge on any atom is 0.250 e. The fraction of sp³-hybridized carbons (Fsp3) is 0. The van der Waals surface area contributed by atoms with Gasteiger partial charge in [-0.2, -0.15) is 4.39 Å². The molecule has 0 bridgehead atoms. The van der Waals surface area contributed by atoms with Crippen molar-refractivity contribution in [2.45, 2.75) is 0 Å². The molecule has 0 saturated carbocycles. The van der Waals surface area contributed by atoms with Crippen molar-refractivity contribution >= 4 is 17.9 Å². The summed E-state index contributed by atoms with van der Waals surface area (Å²) in [5, 5.41) is -0.535. The van der Waals surface area contributed by atoms with Crippen LogP contribution in [0, 0.1) is 11.8 Å². The van der Waals surface area contributed by atoms with Gasteiger partial charge in [0.2, 0.25) is 0 Å². The first-order valence-corrected chi connectivity index (χ1v) is 2.99. The van der Waals surface area contributed by atoms with Crippen LogP contribution in [-0.2, 0) is 0 Å². The third kappa shape index (κ3) is 1.35. The van der Waals surface area contributed by atoms with Gasteiger partial charge in [0.15, 0.2) is 12.1 Å². The van der Waals surface area contributed by atoms with Crippen molar-refractivity contribution in [3.8, 4) is 0 Å². The van der Waals surface area contributed by atoms with E-state index in [-0.39, 0.29) is 5.56 Å². The van der Waals surface area contributed by atoms with E-state index in [0.717, 1.165) is 6.20 Å². The molecule has 0 atom stereocenters. The summed E-state index contributed by atoms with van der Waals surface area (Å²) in [5.74, 6) is -2.60. The molecule has 1 aromatic rings. The molecule has 0 aromatic carbocycles. The molecule has 0 aliphatic heterocycles. The zero-order chi connectivity index (χ0) is 8.43. The highest BCUT2D eigenvalue weighted by Gasteiger charge is 2.11. The Kier molecular flexibility index (Phi) is 2.14. The highest BCUT2D eigenvalue weighted by molar-refractivity contribution is 6.33. The molecule has 1 aromatic heterocycles. The van der Waals surface area contributed by atoms with E-state index in [2.05, 4.69) is 4.98 Å². The third-order valence-electron chi connectivity index (χ3n) is 1.07. The van der Waals surface area contributed by atoms with Gasteiger partial charge in [-0.05, 0) is 0 Å². The van der Waals surface area contributed by atoms with Crippen molar-refractivity contribution in [1.29, 1.82) is 0 Å². The monoisotopic (exact) mass is 177 g/mol. The molecule has 0 spiro atoms. The summed E-state index contributed by atoms with van der Waals surface area (Å²) in [5.41, 5.74) is -0.162. The minimum absolute atomic E-state index is 0.162. The maximum atomic E-state index is 12.4. The minimum atomic E-state index is -1.30. The van der Waals surface area contributed by atoms with E-state index in [4.69, 9.17) is 11.6 Å². The van der Waals surface area contributed by atoms with Crippen molar-refractivity contribution in [2.24, 2.45) is 0 Å². The standard InChI is InChI=1S/C6H2ClF2NO/c7-4-3(2-11)1-10-6(9)5(4)8/h1-2H. The number of hydrogen-bond donors (Lipinski definition) is 0. The van der Waals surface area contributed by atoms with Gasteiger partial charge in [-0.3, -0.25) is 4.79 Å². The Morgan fingerprint density at radius 1 is 1.55 bits per heavy atom. The predicted molar refractivity (Wildman–Crippen MR) is 34.6 cm³/mol. The van der Waals surface area contributed by atoms with Crippen molar-refractivity contribution in [1.82, 2.24) is 4.98 Å². The van der Waals surface area contributed by atoms with E-state index < -0.39 is 16.8 Å². The van der Waals surface area contributed by atoms with Gasteiger partial charge in [0.05, 0.1) is 10.6 Å². The summed E-state index contributed by atoms with van der Waals surface area (Å²) in [6.45, 7) is 0. The lowest BCUT2D eigenvalue weighted by molar-refractivity contribution is 0.112. The van der Waals surface area contributed by atoms with Crippen LogP contribution in [0.2, 0.25) is 5.02 Å². The Balaban J connectivity index is 3.36. The Morgan fingerprint density at radius 3 is 2.73 bits per heavy atom. The van der Waals surface area contributed by atoms with E-state index in [9.17, 15) is 13.6 Å². The van der Waals surface area contributed by atoms with Crippen LogP contribution in [0.15, 0.2) is 6.20 Å². The molecule has 0 radical (unpaired) electrons. The summed E-state index contributed by atoms with van der Waals surface area (Å²) < 4.78 is 24.7. The molecule has 1 rings (SSSR count). The third-order valence-corrected chi connectivity index (χ3v) is 1.46. The minimum Gasteiger partial charge on any atom is -0.298 e. The fourth-order valence-electron chi connectivity index (χ4n) is 0.539. The Hall–Kier alpha value is -1.03. The number of pyridine rings is 1. The molecule has 0 N–H and O–H groups in total. The van der Waals surface area contributed by atoms with Crippen LogP contribution in [0.25, 0.3) is 0 Å². The zero-order valence-corrected chi connectivity index (χ0v) is 5.90. The SMILES string of the molecule is O=Cc1cnc(F)c(F)c1Cl. The van der Waals surface area contributed by atoms with Gasteiger partial charge in [-0.1, -0.05) is 11.6 Å². The molecule has 0 aliphatic rings. The molecule has 2 nitrogen and oxygen atoms in total. The molecule has 0 unspecified atom stereocenters. The highest BCUT2D eigenvalue weighted by atomic mass is 35.5. The van der Waals surface area contributed by atoms with Crippen molar-refractivity contribution in [3.05, 3.63) is 28.5 Å². The molecule has 0 amide bonds. The summed E-state index contributed by atoms with van der Waals surface area (Å²) in [7, 11) is 0. The number of aromatic nitrogens is 1. The van der Waals surface area contributed by atoms with Gasteiger partial charge in [0.1, 0.15) is 0 Å². The van der Waals surface area contributed by atoms with Gasteiger partial charge in [0.25, 0.3) is 5.95 Å². The van der Waals surface area contributed by atoms with Gasteiger partial charge < -0.3 is 0 Å². The van der Waals surface area contributed by atoms with Gasteiger partial charge in [-0.15, -0.1) is 0 Å². The van der Waals surface area contributed by atoms with Gasteiger partial charge in [0, 0.05) is 6.20 Å². The first kappa shape index (κ1) is 8.07. The average molecular weight is 178 g/mol.